The van der Waals surface area contributed by atoms with Crippen LogP contribution in [0.2, 0.25) is 0 Å². The zero-order chi connectivity index (χ0) is 22.4. The maximum atomic E-state index is 12.5. The van der Waals surface area contributed by atoms with Crippen molar-refractivity contribution in [2.45, 2.75) is 52.9 Å². The van der Waals surface area contributed by atoms with Crippen molar-refractivity contribution in [3.05, 3.63) is 42.0 Å². The van der Waals surface area contributed by atoms with Crippen LogP contribution in [0, 0.1) is 0 Å². The summed E-state index contributed by atoms with van der Waals surface area (Å²) in [5.74, 6) is 0.709. The number of hydrogen-bond acceptors (Lipinski definition) is 8. The summed E-state index contributed by atoms with van der Waals surface area (Å²) >= 11 is 0. The van der Waals surface area contributed by atoms with Crippen molar-refractivity contribution in [1.29, 1.82) is 0 Å². The molecule has 1 N–H and O–H groups in total. The molecule has 3 rings (SSSR count). The fourth-order valence-corrected chi connectivity index (χ4v) is 2.71. The first-order valence-electron chi connectivity index (χ1n) is 10.2. The average Bonchev–Trinajstić information content (AvgIpc) is 3.39. The van der Waals surface area contributed by atoms with Gasteiger partial charge in [0.15, 0.2) is 12.0 Å². The van der Waals surface area contributed by atoms with Crippen LogP contribution in [0.1, 0.15) is 51.0 Å². The van der Waals surface area contributed by atoms with Crippen LogP contribution in [-0.2, 0) is 21.4 Å². The number of anilines is 1. The molecule has 31 heavy (non-hydrogen) atoms. The van der Waals surface area contributed by atoms with Crippen molar-refractivity contribution in [3.63, 3.8) is 0 Å². The first-order chi connectivity index (χ1) is 14.8. The Bertz CT molecular complexity index is 984. The molecule has 2 heterocycles. The lowest BCUT2D eigenvalue weighted by Gasteiger charge is -2.16. The minimum atomic E-state index is -0.441. The second-order valence-corrected chi connectivity index (χ2v) is 7.87. The van der Waals surface area contributed by atoms with Crippen molar-refractivity contribution in [2.75, 3.05) is 18.5 Å². The monoisotopic (exact) mass is 428 g/mol. The van der Waals surface area contributed by atoms with Gasteiger partial charge in [-0.25, -0.2) is 4.68 Å². The zero-order valence-electron chi connectivity index (χ0n) is 18.5. The van der Waals surface area contributed by atoms with Crippen LogP contribution in [0.3, 0.4) is 0 Å². The van der Waals surface area contributed by atoms with E-state index in [1.807, 2.05) is 46.8 Å². The van der Waals surface area contributed by atoms with E-state index in [2.05, 4.69) is 25.8 Å². The van der Waals surface area contributed by atoms with Gasteiger partial charge in [0.05, 0.1) is 12.7 Å². The number of amides is 1. The topological polar surface area (TPSA) is 117 Å². The largest absolute Gasteiger partial charge is 0.351 e. The summed E-state index contributed by atoms with van der Waals surface area (Å²) in [4.78, 5) is 16.9. The molecular formula is C21H28N6O4. The van der Waals surface area contributed by atoms with Crippen LogP contribution in [0.25, 0.3) is 11.4 Å². The second-order valence-electron chi connectivity index (χ2n) is 7.87. The number of nitrogens with zero attached hydrogens (tertiary/aromatic N) is 5. The number of benzene rings is 1. The molecule has 0 fully saturated rings. The third kappa shape index (κ3) is 5.96. The fraction of sp³-hybridized carbons (Fsp3) is 0.476. The molecule has 0 unspecified atom stereocenters. The van der Waals surface area contributed by atoms with Crippen LogP contribution < -0.4 is 5.32 Å². The smallest absolute Gasteiger partial charge is 0.277 e. The van der Waals surface area contributed by atoms with E-state index in [9.17, 15) is 4.79 Å². The van der Waals surface area contributed by atoms with Gasteiger partial charge in [-0.2, -0.15) is 4.98 Å². The third-order valence-electron chi connectivity index (χ3n) is 4.28. The van der Waals surface area contributed by atoms with Gasteiger partial charge in [-0.15, -0.1) is 5.10 Å². The van der Waals surface area contributed by atoms with E-state index in [1.54, 1.807) is 18.3 Å². The predicted molar refractivity (Wildman–Crippen MR) is 113 cm³/mol. The lowest BCUT2D eigenvalue weighted by Crippen LogP contribution is -2.24. The minimum Gasteiger partial charge on any atom is -0.351 e. The summed E-state index contributed by atoms with van der Waals surface area (Å²) in [5.41, 5.74) is 1.39. The SMILES string of the molecule is CCOC(Cn1cc(C(=O)Nc2ccc(-c3noc(C(C)(C)C)n3)cc2)nn1)OCC. The number of rotatable bonds is 9. The van der Waals surface area contributed by atoms with Crippen LogP contribution in [-0.4, -0.2) is 50.5 Å². The Balaban J connectivity index is 1.62. The molecule has 1 amide bonds. The van der Waals surface area contributed by atoms with Crippen molar-refractivity contribution >= 4 is 11.6 Å². The molecule has 0 bridgehead atoms. The lowest BCUT2D eigenvalue weighted by atomic mass is 9.97. The molecule has 0 saturated carbocycles. The van der Waals surface area contributed by atoms with E-state index in [0.717, 1.165) is 5.56 Å². The predicted octanol–water partition coefficient (Wildman–Crippen LogP) is 3.28. The molecule has 0 aliphatic carbocycles. The molecule has 10 nitrogen and oxygen atoms in total. The van der Waals surface area contributed by atoms with Crippen molar-refractivity contribution in [1.82, 2.24) is 25.1 Å². The first-order valence-corrected chi connectivity index (χ1v) is 10.2. The summed E-state index contributed by atoms with van der Waals surface area (Å²) in [6.45, 7) is 11.2. The van der Waals surface area contributed by atoms with E-state index in [1.165, 1.54) is 4.68 Å². The molecule has 0 aliphatic heterocycles. The Morgan fingerprint density at radius 1 is 1.16 bits per heavy atom. The summed E-state index contributed by atoms with van der Waals surface area (Å²) in [7, 11) is 0. The molecule has 10 heteroatoms. The molecule has 0 saturated heterocycles. The molecule has 0 radical (unpaired) electrons. The number of hydrogen-bond donors (Lipinski definition) is 1. The molecule has 0 aliphatic rings. The molecule has 3 aromatic rings. The Morgan fingerprint density at radius 2 is 1.84 bits per heavy atom. The van der Waals surface area contributed by atoms with Gasteiger partial charge in [-0.05, 0) is 38.1 Å². The van der Waals surface area contributed by atoms with Crippen molar-refractivity contribution in [3.8, 4) is 11.4 Å². The first kappa shape index (κ1) is 22.6. The normalized spacial score (nSPS) is 11.8. The highest BCUT2D eigenvalue weighted by Crippen LogP contribution is 2.24. The van der Waals surface area contributed by atoms with Gasteiger partial charge in [0.25, 0.3) is 5.91 Å². The molecular weight excluding hydrogens is 400 g/mol. The Hall–Kier alpha value is -3.11. The Kier molecular flexibility index (Phi) is 7.13. The summed E-state index contributed by atoms with van der Waals surface area (Å²) < 4.78 is 17.8. The number of carbonyl (C=O) groups is 1. The second kappa shape index (κ2) is 9.80. The van der Waals surface area contributed by atoms with E-state index in [0.29, 0.717) is 37.2 Å². The Morgan fingerprint density at radius 3 is 2.42 bits per heavy atom. The van der Waals surface area contributed by atoms with E-state index < -0.39 is 6.29 Å². The lowest BCUT2D eigenvalue weighted by molar-refractivity contribution is -0.145. The zero-order valence-corrected chi connectivity index (χ0v) is 18.5. The molecule has 166 valence electrons. The minimum absolute atomic E-state index is 0.198. The maximum absolute atomic E-state index is 12.5. The van der Waals surface area contributed by atoms with Gasteiger partial charge in [-0.3, -0.25) is 4.79 Å². The number of carbonyl (C=O) groups excluding carboxylic acids is 1. The van der Waals surface area contributed by atoms with Gasteiger partial charge < -0.3 is 19.3 Å². The standard InChI is InChI=1S/C21H28N6O4/c1-6-29-17(30-7-2)13-27-12-16(24-26-27)19(28)22-15-10-8-14(9-11-15)18-23-20(31-25-18)21(3,4)5/h8-12,17H,6-7,13H2,1-5H3,(H,22,28). The van der Waals surface area contributed by atoms with Gasteiger partial charge in [0.2, 0.25) is 11.7 Å². The van der Waals surface area contributed by atoms with Crippen LogP contribution in [0.4, 0.5) is 5.69 Å². The van der Waals surface area contributed by atoms with Crippen molar-refractivity contribution in [2.24, 2.45) is 0 Å². The van der Waals surface area contributed by atoms with E-state index in [-0.39, 0.29) is 17.0 Å². The van der Waals surface area contributed by atoms with Gasteiger partial charge in [0, 0.05) is 29.9 Å². The molecule has 0 atom stereocenters. The summed E-state index contributed by atoms with van der Waals surface area (Å²) in [6, 6.07) is 7.17. The quantitative estimate of drug-likeness (QED) is 0.516. The fourth-order valence-electron chi connectivity index (χ4n) is 2.71. The number of ether oxygens (including phenoxy) is 2. The van der Waals surface area contributed by atoms with Gasteiger partial charge in [-0.1, -0.05) is 31.1 Å². The van der Waals surface area contributed by atoms with E-state index >= 15 is 0 Å². The van der Waals surface area contributed by atoms with Crippen molar-refractivity contribution < 1.29 is 18.8 Å². The maximum Gasteiger partial charge on any atom is 0.277 e. The number of nitrogens with one attached hydrogen (secondary N) is 1. The number of aromatic nitrogens is 5. The molecule has 1 aromatic carbocycles. The third-order valence-corrected chi connectivity index (χ3v) is 4.28. The highest BCUT2D eigenvalue weighted by atomic mass is 16.7. The average molecular weight is 428 g/mol. The van der Waals surface area contributed by atoms with E-state index in [4.69, 9.17) is 14.0 Å². The highest BCUT2D eigenvalue weighted by molar-refractivity contribution is 6.02. The summed E-state index contributed by atoms with van der Waals surface area (Å²) in [6.07, 6.45) is 1.12. The molecule has 2 aromatic heterocycles. The van der Waals surface area contributed by atoms with Gasteiger partial charge in [0.1, 0.15) is 0 Å². The highest BCUT2D eigenvalue weighted by Gasteiger charge is 2.22. The molecule has 0 spiro atoms. The van der Waals surface area contributed by atoms with Crippen LogP contribution in [0.5, 0.6) is 0 Å². The Labute approximate surface area is 180 Å². The van der Waals surface area contributed by atoms with Crippen LogP contribution >= 0.6 is 0 Å². The van der Waals surface area contributed by atoms with Gasteiger partial charge >= 0.3 is 0 Å². The summed E-state index contributed by atoms with van der Waals surface area (Å²) in [5, 5.41) is 14.7. The van der Waals surface area contributed by atoms with Crippen LogP contribution in [0.15, 0.2) is 35.0 Å².